The third-order valence-electron chi connectivity index (χ3n) is 7.38. The van der Waals surface area contributed by atoms with E-state index in [0.717, 1.165) is 28.5 Å². The maximum absolute atomic E-state index is 15.8. The number of nitrogen functional groups attached to an aromatic ring is 1. The summed E-state index contributed by atoms with van der Waals surface area (Å²) in [5.74, 6) is -1.50. The second kappa shape index (κ2) is 10.7. The molecule has 0 radical (unpaired) electrons. The molecule has 242 valence electrons. The van der Waals surface area contributed by atoms with Crippen molar-refractivity contribution in [3.8, 4) is 0 Å². The van der Waals surface area contributed by atoms with Gasteiger partial charge in [-0.3, -0.25) is 34.5 Å². The molecule has 3 saturated heterocycles. The number of carbonyl (C=O) groups is 1. The average Bonchev–Trinajstić information content (AvgIpc) is 3.72. The molecule has 2 aromatic rings. The number of nitrogens with one attached hydrogen (secondary N) is 3. The van der Waals surface area contributed by atoms with Crippen molar-refractivity contribution in [1.29, 1.82) is 5.41 Å². The van der Waals surface area contributed by atoms with Crippen LogP contribution in [0.15, 0.2) is 22.6 Å². The Balaban J connectivity index is 1.14. The number of phosphoric ester groups is 1. The van der Waals surface area contributed by atoms with Gasteiger partial charge in [0.25, 0.3) is 13.7 Å². The van der Waals surface area contributed by atoms with Gasteiger partial charge in [0.1, 0.15) is 36.3 Å². The molecule has 21 nitrogen and oxygen atoms in total. The summed E-state index contributed by atoms with van der Waals surface area (Å²) < 4.78 is 99.7. The summed E-state index contributed by atoms with van der Waals surface area (Å²) in [7, 11) is -10.3. The number of amidine groups is 1. The Bertz CT molecular complexity index is 1800. The van der Waals surface area contributed by atoms with Crippen LogP contribution in [0.25, 0.3) is 11.2 Å². The van der Waals surface area contributed by atoms with Gasteiger partial charge in [-0.15, -0.1) is 0 Å². The van der Waals surface area contributed by atoms with E-state index in [4.69, 9.17) is 33.8 Å². The van der Waals surface area contributed by atoms with E-state index in [1.54, 1.807) is 0 Å². The molecular weight excluding hydrogens is 655 g/mol. The number of nitrogens with zero attached hydrogens (tertiary/aromatic N) is 7. The molecule has 1 amide bonds. The number of fused-ring (bicyclic) bond motifs is 4. The van der Waals surface area contributed by atoms with E-state index >= 15 is 8.78 Å². The number of ether oxygens (including phenoxy) is 2. The molecule has 0 bridgehead atoms. The number of halogens is 2. The Kier molecular flexibility index (Phi) is 7.18. The first-order chi connectivity index (χ1) is 21.3. The van der Waals surface area contributed by atoms with E-state index in [1.165, 1.54) is 0 Å². The van der Waals surface area contributed by atoms with Gasteiger partial charge in [-0.05, 0) is 0 Å². The zero-order valence-corrected chi connectivity index (χ0v) is 24.0. The van der Waals surface area contributed by atoms with Gasteiger partial charge in [0.2, 0.25) is 5.96 Å². The molecule has 45 heavy (non-hydrogen) atoms. The molecule has 0 spiro atoms. The van der Waals surface area contributed by atoms with Crippen LogP contribution in [0.4, 0.5) is 14.6 Å². The molecule has 0 aliphatic carbocycles. The van der Waals surface area contributed by atoms with Crippen molar-refractivity contribution in [1.82, 2.24) is 34.5 Å². The molecule has 5 aliphatic rings. The van der Waals surface area contributed by atoms with Crippen molar-refractivity contribution in [2.24, 2.45) is 9.98 Å². The number of aliphatic imine (C=N–C) groups is 2. The summed E-state index contributed by atoms with van der Waals surface area (Å²) in [6.07, 6.45) is -11.9. The van der Waals surface area contributed by atoms with Crippen molar-refractivity contribution in [2.45, 2.75) is 55.3 Å². The largest absolute Gasteiger partial charge is 0.756 e. The van der Waals surface area contributed by atoms with E-state index in [1.807, 2.05) is 4.72 Å². The fraction of sp³-hybridized carbons (Fsp3) is 0.550. The number of alkyl halides is 2. The lowest BCUT2D eigenvalue weighted by Crippen LogP contribution is -2.52. The first kappa shape index (κ1) is 30.1. The highest BCUT2D eigenvalue weighted by atomic mass is 32.2. The molecule has 0 aromatic carbocycles. The number of hydrogen-bond acceptors (Lipinski definition) is 17. The molecule has 0 saturated carbocycles. The topological polar surface area (TPSA) is 283 Å². The first-order valence-electron chi connectivity index (χ1n) is 13.0. The predicted molar refractivity (Wildman–Crippen MR) is 140 cm³/mol. The lowest BCUT2D eigenvalue weighted by Gasteiger charge is -2.31. The van der Waals surface area contributed by atoms with Crippen molar-refractivity contribution >= 4 is 59.1 Å². The summed E-state index contributed by atoms with van der Waals surface area (Å²) in [6.45, 7) is -1.82. The highest BCUT2D eigenvalue weighted by Gasteiger charge is 2.55. The van der Waals surface area contributed by atoms with Gasteiger partial charge < -0.3 is 29.1 Å². The molecule has 5 N–H and O–H groups in total. The van der Waals surface area contributed by atoms with Crippen molar-refractivity contribution < 1.29 is 54.2 Å². The number of guanidine groups is 1. The Morgan fingerprint density at radius 2 is 1.89 bits per heavy atom. The molecule has 7 rings (SSSR count). The third kappa shape index (κ3) is 5.26. The van der Waals surface area contributed by atoms with Crippen LogP contribution in [0, 0.1) is 5.41 Å². The van der Waals surface area contributed by atoms with E-state index in [0.29, 0.717) is 0 Å². The minimum absolute atomic E-state index is 0.0213. The van der Waals surface area contributed by atoms with Crippen LogP contribution in [0.5, 0.6) is 0 Å². The zero-order chi connectivity index (χ0) is 31.8. The van der Waals surface area contributed by atoms with Crippen LogP contribution in [-0.2, 0) is 42.4 Å². The van der Waals surface area contributed by atoms with Gasteiger partial charge in [-0.1, -0.05) is 0 Å². The highest BCUT2D eigenvalue weighted by molar-refractivity contribution is 7.84. The van der Waals surface area contributed by atoms with Crippen LogP contribution in [0.3, 0.4) is 0 Å². The number of rotatable bonds is 2. The number of carbonyl (C=O) groups excluding carboxylic acids is 1. The SMILES string of the molecule is N=C1N=C2C(N=CN2[C@@H]2O[C@@H]3COP(=O)([O-])O[C@H]4[C@@H](F)[C@H](n5cnc6c(N)ncnc65)O[C@@H]4CNS(=O)(=O)O[C@H]3[C@H]2F)C(=O)N1. The summed E-state index contributed by atoms with van der Waals surface area (Å²) in [6, 6.07) is -1.23. The number of amides is 1. The standard InChI is InChI=1S/C20H22F2N11O10PS/c21-8-12-6(40-18(8)32-4-27-10-14(23)25-3-26-15(10)32)1-29-45(37,38)43-13-7(2-39-44(35,36)42-12)41-19(9(13)22)33-5-28-11-16(33)30-20(24)31-17(11)34/h3-9,11-13,18-19,29H,1-2H2,(H,35,36)(H2,23,25,26)(H2,24,31,34)/p-1/t6-,7-,8-,9-,11?,12-,13-,18-,19-/m1/s1. The minimum Gasteiger partial charge on any atom is -0.756 e. The number of anilines is 1. The third-order valence-corrected chi connectivity index (χ3v) is 9.34. The lowest BCUT2D eigenvalue weighted by atomic mass is 10.1. The Labute approximate surface area is 250 Å². The van der Waals surface area contributed by atoms with Crippen molar-refractivity contribution in [2.75, 3.05) is 18.9 Å². The molecule has 2 aromatic heterocycles. The Morgan fingerprint density at radius 3 is 2.69 bits per heavy atom. The highest BCUT2D eigenvalue weighted by Crippen LogP contribution is 2.47. The molecule has 3 fully saturated rings. The van der Waals surface area contributed by atoms with Crippen molar-refractivity contribution in [3.63, 3.8) is 0 Å². The number of hydrogen-bond donors (Lipinski definition) is 4. The second-order valence-electron chi connectivity index (χ2n) is 10.2. The van der Waals surface area contributed by atoms with Crippen LogP contribution >= 0.6 is 7.82 Å². The number of imidazole rings is 1. The Hall–Kier alpha value is -3.61. The number of phosphoric acid groups is 1. The number of nitrogens with two attached hydrogens (primary N) is 1. The molecule has 10 atom stereocenters. The number of aromatic nitrogens is 4. The molecular formula is C20H21F2N11O10PS-. The van der Waals surface area contributed by atoms with Gasteiger partial charge in [-0.2, -0.15) is 18.1 Å². The van der Waals surface area contributed by atoms with E-state index < -0.39 is 98.4 Å². The smallest absolute Gasteiger partial charge is 0.336 e. The molecule has 2 unspecified atom stereocenters. The lowest BCUT2D eigenvalue weighted by molar-refractivity contribution is -0.235. The van der Waals surface area contributed by atoms with E-state index in [2.05, 4.69) is 30.3 Å². The Morgan fingerprint density at radius 1 is 1.13 bits per heavy atom. The molecule has 25 heteroatoms. The molecule has 7 heterocycles. The van der Waals surface area contributed by atoms with Gasteiger partial charge >= 0.3 is 10.3 Å². The van der Waals surface area contributed by atoms with Gasteiger partial charge in [-0.25, -0.2) is 27.9 Å². The fourth-order valence-corrected chi connectivity index (χ4v) is 7.27. The summed E-state index contributed by atoms with van der Waals surface area (Å²) in [5.41, 5.74) is 5.92. The average molecular weight is 676 g/mol. The van der Waals surface area contributed by atoms with Gasteiger partial charge in [0.05, 0.1) is 19.3 Å². The first-order valence-corrected chi connectivity index (χ1v) is 15.8. The quantitative estimate of drug-likeness (QED) is 0.230. The summed E-state index contributed by atoms with van der Waals surface area (Å²) >= 11 is 0. The summed E-state index contributed by atoms with van der Waals surface area (Å²) in [5, 5.41) is 9.79. The van der Waals surface area contributed by atoms with E-state index in [9.17, 15) is 22.7 Å². The summed E-state index contributed by atoms with van der Waals surface area (Å²) in [4.78, 5) is 45.5. The van der Waals surface area contributed by atoms with Gasteiger partial charge in [0, 0.05) is 6.54 Å². The fourth-order valence-electron chi connectivity index (χ4n) is 5.37. The second-order valence-corrected chi connectivity index (χ2v) is 12.9. The maximum Gasteiger partial charge on any atom is 0.336 e. The van der Waals surface area contributed by atoms with Crippen LogP contribution in [0.1, 0.15) is 6.23 Å². The van der Waals surface area contributed by atoms with Crippen LogP contribution in [-0.4, -0.2) is 119 Å². The van der Waals surface area contributed by atoms with Crippen molar-refractivity contribution in [3.05, 3.63) is 12.7 Å². The van der Waals surface area contributed by atoms with Crippen LogP contribution in [0.2, 0.25) is 0 Å². The zero-order valence-electron chi connectivity index (χ0n) is 22.2. The van der Waals surface area contributed by atoms with Gasteiger partial charge in [0.15, 0.2) is 48.1 Å². The van der Waals surface area contributed by atoms with E-state index in [-0.39, 0.29) is 22.8 Å². The predicted octanol–water partition coefficient (Wildman–Crippen LogP) is -3.01. The van der Waals surface area contributed by atoms with Crippen LogP contribution < -0.4 is 20.7 Å². The monoisotopic (exact) mass is 676 g/mol. The normalized spacial score (nSPS) is 39.8. The maximum atomic E-state index is 15.8. The molecule has 5 aliphatic heterocycles. The minimum atomic E-state index is -5.41.